The molecule has 0 saturated carbocycles. The summed E-state index contributed by atoms with van der Waals surface area (Å²) >= 11 is 0. The molecule has 0 atom stereocenters. The fourth-order valence-corrected chi connectivity index (χ4v) is 3.35. The average Bonchev–Trinajstić information content (AvgIpc) is 2.54. The van der Waals surface area contributed by atoms with Gasteiger partial charge < -0.3 is 11.1 Å². The van der Waals surface area contributed by atoms with Crippen molar-refractivity contribution < 1.29 is 13.2 Å². The van der Waals surface area contributed by atoms with E-state index in [-0.39, 0.29) is 11.7 Å². The molecule has 6 heteroatoms. The lowest BCUT2D eigenvalue weighted by atomic mass is 10.1. The normalized spacial score (nSPS) is 11.5. The molecule has 2 rings (SSSR count). The minimum absolute atomic E-state index is 0.0328. The molecule has 0 radical (unpaired) electrons. The molecule has 0 heterocycles. The highest BCUT2D eigenvalue weighted by Crippen LogP contribution is 2.17. The zero-order valence-electron chi connectivity index (χ0n) is 14.5. The Morgan fingerprint density at radius 3 is 2.52 bits per heavy atom. The first-order valence-corrected chi connectivity index (χ1v) is 9.93. The number of hydrogen-bond donors (Lipinski definition) is 2. The van der Waals surface area contributed by atoms with Gasteiger partial charge in [-0.05, 0) is 49.6 Å². The maximum Gasteiger partial charge on any atom is 0.224 e. The molecular weight excluding hydrogens is 336 g/mol. The van der Waals surface area contributed by atoms with E-state index < -0.39 is 15.1 Å². The van der Waals surface area contributed by atoms with Crippen molar-refractivity contribution in [2.24, 2.45) is 0 Å². The summed E-state index contributed by atoms with van der Waals surface area (Å²) in [7, 11) is -3.17. The summed E-state index contributed by atoms with van der Waals surface area (Å²) in [6.07, 6.45) is 0.864. The molecule has 0 aliphatic carbocycles. The Morgan fingerprint density at radius 1 is 1.12 bits per heavy atom. The standard InChI is InChI=1S/C19H24N2O3S/c1-14(2)25(23,24)13-15-6-5-8-17(12-15)21-19(22)11-10-16-7-3-4-9-18(16)20/h3-9,12,14H,10-11,13,20H2,1-2H3,(H,21,22). The van der Waals surface area contributed by atoms with Crippen molar-refractivity contribution in [2.45, 2.75) is 37.7 Å². The zero-order valence-corrected chi connectivity index (χ0v) is 15.3. The minimum atomic E-state index is -3.17. The molecule has 0 aromatic heterocycles. The number of carbonyl (C=O) groups is 1. The molecule has 0 aliphatic rings. The van der Waals surface area contributed by atoms with E-state index in [9.17, 15) is 13.2 Å². The number of anilines is 2. The second-order valence-electron chi connectivity index (χ2n) is 6.30. The topological polar surface area (TPSA) is 89.3 Å². The fourth-order valence-electron chi connectivity index (χ4n) is 2.37. The first kappa shape index (κ1) is 19.0. The highest BCUT2D eigenvalue weighted by atomic mass is 32.2. The van der Waals surface area contributed by atoms with Crippen molar-refractivity contribution in [2.75, 3.05) is 11.1 Å². The lowest BCUT2D eigenvalue weighted by Crippen LogP contribution is -2.16. The molecule has 1 amide bonds. The van der Waals surface area contributed by atoms with E-state index in [2.05, 4.69) is 5.32 Å². The number of amides is 1. The number of rotatable bonds is 7. The van der Waals surface area contributed by atoms with Crippen molar-refractivity contribution in [3.8, 4) is 0 Å². The molecule has 2 aromatic rings. The van der Waals surface area contributed by atoms with Gasteiger partial charge in [0.15, 0.2) is 9.84 Å². The summed E-state index contributed by atoms with van der Waals surface area (Å²) in [6, 6.07) is 14.4. The average molecular weight is 360 g/mol. The van der Waals surface area contributed by atoms with Crippen LogP contribution >= 0.6 is 0 Å². The third-order valence-corrected chi connectivity index (χ3v) is 6.15. The predicted molar refractivity (Wildman–Crippen MR) is 102 cm³/mol. The van der Waals surface area contributed by atoms with E-state index in [0.29, 0.717) is 29.8 Å². The maximum absolute atomic E-state index is 12.1. The van der Waals surface area contributed by atoms with Crippen LogP contribution in [0.1, 0.15) is 31.4 Å². The number of nitrogens with one attached hydrogen (secondary N) is 1. The van der Waals surface area contributed by atoms with Gasteiger partial charge >= 0.3 is 0 Å². The number of aryl methyl sites for hydroxylation is 1. The highest BCUT2D eigenvalue weighted by molar-refractivity contribution is 7.91. The lowest BCUT2D eigenvalue weighted by molar-refractivity contribution is -0.116. The molecule has 0 unspecified atom stereocenters. The van der Waals surface area contributed by atoms with Gasteiger partial charge in [-0.3, -0.25) is 4.79 Å². The van der Waals surface area contributed by atoms with E-state index in [1.165, 1.54) is 0 Å². The Labute approximate surface area is 149 Å². The summed E-state index contributed by atoms with van der Waals surface area (Å²) in [5.41, 5.74) is 8.76. The van der Waals surface area contributed by atoms with E-state index in [1.807, 2.05) is 24.3 Å². The quantitative estimate of drug-likeness (QED) is 0.742. The number of para-hydroxylation sites is 1. The number of sulfone groups is 1. The lowest BCUT2D eigenvalue weighted by Gasteiger charge is -2.10. The fraction of sp³-hybridized carbons (Fsp3) is 0.316. The van der Waals surface area contributed by atoms with Crippen LogP contribution in [-0.2, 0) is 26.8 Å². The highest BCUT2D eigenvalue weighted by Gasteiger charge is 2.17. The zero-order chi connectivity index (χ0) is 18.4. The first-order valence-electron chi connectivity index (χ1n) is 8.21. The van der Waals surface area contributed by atoms with E-state index >= 15 is 0 Å². The monoisotopic (exact) mass is 360 g/mol. The summed E-state index contributed by atoms with van der Waals surface area (Å²) in [4.78, 5) is 12.1. The van der Waals surface area contributed by atoms with Crippen molar-refractivity contribution in [1.82, 2.24) is 0 Å². The maximum atomic E-state index is 12.1. The molecule has 134 valence electrons. The van der Waals surface area contributed by atoms with Crippen LogP contribution in [0.5, 0.6) is 0 Å². The second-order valence-corrected chi connectivity index (χ2v) is 8.86. The molecule has 25 heavy (non-hydrogen) atoms. The SMILES string of the molecule is CC(C)S(=O)(=O)Cc1cccc(NC(=O)CCc2ccccc2N)c1. The van der Waals surface area contributed by atoms with Crippen molar-refractivity contribution >= 4 is 27.1 Å². The third-order valence-electron chi connectivity index (χ3n) is 3.97. The smallest absolute Gasteiger partial charge is 0.224 e. The van der Waals surface area contributed by atoms with Crippen LogP contribution < -0.4 is 11.1 Å². The van der Waals surface area contributed by atoms with E-state index in [0.717, 1.165) is 5.56 Å². The predicted octanol–water partition coefficient (Wildman–Crippen LogP) is 3.16. The van der Waals surface area contributed by atoms with Gasteiger partial charge in [0, 0.05) is 17.8 Å². The third kappa shape index (κ3) is 5.60. The number of nitrogens with two attached hydrogens (primary N) is 1. The number of carbonyl (C=O) groups excluding carboxylic acids is 1. The molecular formula is C19H24N2O3S. The summed E-state index contributed by atoms with van der Waals surface area (Å²) in [5, 5.41) is 2.38. The molecule has 0 fully saturated rings. The Morgan fingerprint density at radius 2 is 1.84 bits per heavy atom. The molecule has 2 aromatic carbocycles. The second kappa shape index (κ2) is 8.16. The van der Waals surface area contributed by atoms with Gasteiger partial charge in [0.25, 0.3) is 0 Å². The molecule has 0 aliphatic heterocycles. The van der Waals surface area contributed by atoms with Gasteiger partial charge in [0.2, 0.25) is 5.91 Å². The summed E-state index contributed by atoms with van der Waals surface area (Å²) in [6.45, 7) is 3.33. The Kier molecular flexibility index (Phi) is 6.20. The first-order chi connectivity index (χ1) is 11.8. The van der Waals surface area contributed by atoms with Gasteiger partial charge in [-0.25, -0.2) is 8.42 Å². The van der Waals surface area contributed by atoms with Crippen LogP contribution in [0, 0.1) is 0 Å². The van der Waals surface area contributed by atoms with Crippen LogP contribution in [0.4, 0.5) is 11.4 Å². The summed E-state index contributed by atoms with van der Waals surface area (Å²) < 4.78 is 24.1. The minimum Gasteiger partial charge on any atom is -0.399 e. The molecule has 0 saturated heterocycles. The number of nitrogen functional groups attached to an aromatic ring is 1. The van der Waals surface area contributed by atoms with Crippen molar-refractivity contribution in [1.29, 1.82) is 0 Å². The number of hydrogen-bond acceptors (Lipinski definition) is 4. The van der Waals surface area contributed by atoms with Crippen LogP contribution in [0.15, 0.2) is 48.5 Å². The van der Waals surface area contributed by atoms with Crippen LogP contribution in [-0.4, -0.2) is 19.6 Å². The molecule has 3 N–H and O–H groups in total. The van der Waals surface area contributed by atoms with Gasteiger partial charge in [0.1, 0.15) is 0 Å². The van der Waals surface area contributed by atoms with Crippen LogP contribution in [0.2, 0.25) is 0 Å². The van der Waals surface area contributed by atoms with E-state index in [4.69, 9.17) is 5.73 Å². The van der Waals surface area contributed by atoms with Crippen molar-refractivity contribution in [3.05, 3.63) is 59.7 Å². The van der Waals surface area contributed by atoms with E-state index in [1.54, 1.807) is 38.1 Å². The van der Waals surface area contributed by atoms with Gasteiger partial charge in [-0.1, -0.05) is 30.3 Å². The molecule has 0 spiro atoms. The van der Waals surface area contributed by atoms with Gasteiger partial charge in [-0.15, -0.1) is 0 Å². The largest absolute Gasteiger partial charge is 0.399 e. The van der Waals surface area contributed by atoms with Crippen molar-refractivity contribution in [3.63, 3.8) is 0 Å². The molecule has 0 bridgehead atoms. The Balaban J connectivity index is 1.97. The van der Waals surface area contributed by atoms with Gasteiger partial charge in [-0.2, -0.15) is 0 Å². The number of benzene rings is 2. The van der Waals surface area contributed by atoms with Crippen LogP contribution in [0.25, 0.3) is 0 Å². The van der Waals surface area contributed by atoms with Gasteiger partial charge in [0.05, 0.1) is 11.0 Å². The molecule has 5 nitrogen and oxygen atoms in total. The van der Waals surface area contributed by atoms with Crippen LogP contribution in [0.3, 0.4) is 0 Å². The Hall–Kier alpha value is -2.34. The Bertz CT molecular complexity index is 845. The summed E-state index contributed by atoms with van der Waals surface area (Å²) in [5.74, 6) is -0.165.